The number of methoxy groups -OCH3 is 2. The number of benzene rings is 3. The van der Waals surface area contributed by atoms with E-state index >= 15 is 0 Å². The maximum absolute atomic E-state index is 13.5. The molecule has 39 heavy (non-hydrogen) atoms. The van der Waals surface area contributed by atoms with Gasteiger partial charge in [-0.05, 0) is 67.8 Å². The lowest BCUT2D eigenvalue weighted by atomic mass is 10.0. The van der Waals surface area contributed by atoms with E-state index in [9.17, 15) is 4.79 Å². The number of carbonyl (C=O) groups is 1. The SMILES string of the molecule is COc1ccc(CCN2C(=O)/C(=C/c3cn(-c4ccccc4)nc3-c3cc(C)ccc3C)SC2=S)cc1OC. The molecule has 198 valence electrons. The summed E-state index contributed by atoms with van der Waals surface area (Å²) in [4.78, 5) is 15.7. The van der Waals surface area contributed by atoms with Crippen molar-refractivity contribution in [2.75, 3.05) is 20.8 Å². The number of amides is 1. The van der Waals surface area contributed by atoms with Crippen LogP contribution in [0.4, 0.5) is 0 Å². The minimum atomic E-state index is -0.0927. The van der Waals surface area contributed by atoms with Crippen LogP contribution < -0.4 is 9.47 Å². The van der Waals surface area contributed by atoms with Crippen molar-refractivity contribution in [1.82, 2.24) is 14.7 Å². The third-order valence-electron chi connectivity index (χ3n) is 6.64. The lowest BCUT2D eigenvalue weighted by Gasteiger charge is -2.15. The standard InChI is InChI=1S/C31H29N3O3S2/c1-20-10-11-21(2)25(16-20)29-23(19-34(32-29)24-8-6-5-7-9-24)18-28-30(35)33(31(38)39-28)15-14-22-12-13-26(36-3)27(17-22)37-4/h5-13,16-19H,14-15H2,1-4H3/b28-18-. The molecule has 1 amide bonds. The summed E-state index contributed by atoms with van der Waals surface area (Å²) < 4.78 is 13.2. The molecule has 1 aromatic heterocycles. The number of hydrogen-bond acceptors (Lipinski definition) is 6. The van der Waals surface area contributed by atoms with Gasteiger partial charge in [-0.25, -0.2) is 4.68 Å². The molecule has 1 fully saturated rings. The Balaban J connectivity index is 1.45. The highest BCUT2D eigenvalue weighted by atomic mass is 32.2. The van der Waals surface area contributed by atoms with Crippen LogP contribution in [0, 0.1) is 13.8 Å². The monoisotopic (exact) mass is 555 g/mol. The molecular formula is C31H29N3O3S2. The number of rotatable bonds is 8. The van der Waals surface area contributed by atoms with Crippen molar-refractivity contribution in [2.24, 2.45) is 0 Å². The summed E-state index contributed by atoms with van der Waals surface area (Å²) in [6.07, 6.45) is 4.53. The van der Waals surface area contributed by atoms with Gasteiger partial charge in [-0.2, -0.15) is 5.10 Å². The zero-order valence-corrected chi connectivity index (χ0v) is 23.9. The summed E-state index contributed by atoms with van der Waals surface area (Å²) in [7, 11) is 3.22. The van der Waals surface area contributed by atoms with Crippen molar-refractivity contribution >= 4 is 40.3 Å². The molecule has 5 rings (SSSR count). The largest absolute Gasteiger partial charge is 0.493 e. The zero-order valence-electron chi connectivity index (χ0n) is 22.3. The number of aryl methyl sites for hydroxylation is 2. The Labute approximate surface area is 238 Å². The van der Waals surface area contributed by atoms with E-state index in [2.05, 4.69) is 32.0 Å². The van der Waals surface area contributed by atoms with Crippen molar-refractivity contribution in [3.63, 3.8) is 0 Å². The van der Waals surface area contributed by atoms with Gasteiger partial charge in [0.1, 0.15) is 10.0 Å². The molecule has 6 nitrogen and oxygen atoms in total. The first-order valence-electron chi connectivity index (χ1n) is 12.6. The van der Waals surface area contributed by atoms with Crippen LogP contribution >= 0.6 is 24.0 Å². The fraction of sp³-hybridized carbons (Fsp3) is 0.194. The minimum absolute atomic E-state index is 0.0927. The summed E-state index contributed by atoms with van der Waals surface area (Å²) >= 11 is 6.95. The van der Waals surface area contributed by atoms with E-state index in [4.69, 9.17) is 26.8 Å². The second kappa shape index (κ2) is 11.5. The minimum Gasteiger partial charge on any atom is -0.493 e. The Hall–Kier alpha value is -3.88. The van der Waals surface area contributed by atoms with E-state index in [1.165, 1.54) is 11.8 Å². The van der Waals surface area contributed by atoms with E-state index < -0.39 is 0 Å². The van der Waals surface area contributed by atoms with Gasteiger partial charge in [0, 0.05) is 23.9 Å². The molecule has 4 aromatic rings. The quantitative estimate of drug-likeness (QED) is 0.180. The Kier molecular flexibility index (Phi) is 7.86. The third-order valence-corrected chi connectivity index (χ3v) is 8.02. The summed E-state index contributed by atoms with van der Waals surface area (Å²) in [5.41, 5.74) is 7.00. The highest BCUT2D eigenvalue weighted by molar-refractivity contribution is 8.26. The number of carbonyl (C=O) groups excluding carboxylic acids is 1. The van der Waals surface area contributed by atoms with E-state index in [0.29, 0.717) is 33.7 Å². The van der Waals surface area contributed by atoms with E-state index in [1.54, 1.807) is 19.1 Å². The van der Waals surface area contributed by atoms with Crippen molar-refractivity contribution < 1.29 is 14.3 Å². The summed E-state index contributed by atoms with van der Waals surface area (Å²) in [6, 6.07) is 22.1. The maximum atomic E-state index is 13.5. The number of hydrogen-bond donors (Lipinski definition) is 0. The van der Waals surface area contributed by atoms with Crippen LogP contribution in [0.1, 0.15) is 22.3 Å². The first-order chi connectivity index (χ1) is 18.9. The first kappa shape index (κ1) is 26.7. The number of para-hydroxylation sites is 1. The second-order valence-corrected chi connectivity index (χ2v) is 11.0. The molecule has 0 unspecified atom stereocenters. The molecule has 0 bridgehead atoms. The first-order valence-corrected chi connectivity index (χ1v) is 13.8. The van der Waals surface area contributed by atoms with Gasteiger partial charge in [0.15, 0.2) is 11.5 Å². The van der Waals surface area contributed by atoms with Crippen LogP contribution in [-0.2, 0) is 11.2 Å². The Bertz CT molecular complexity index is 1580. The Morgan fingerprint density at radius 1 is 0.974 bits per heavy atom. The highest BCUT2D eigenvalue weighted by Crippen LogP contribution is 2.36. The van der Waals surface area contributed by atoms with E-state index in [1.807, 2.05) is 65.5 Å². The molecule has 0 N–H and O–H groups in total. The number of aromatic nitrogens is 2. The van der Waals surface area contributed by atoms with Crippen LogP contribution in [-0.4, -0.2) is 45.7 Å². The Morgan fingerprint density at radius 3 is 2.49 bits per heavy atom. The van der Waals surface area contributed by atoms with Crippen molar-refractivity contribution in [1.29, 1.82) is 0 Å². The van der Waals surface area contributed by atoms with Crippen LogP contribution in [0.2, 0.25) is 0 Å². The molecule has 0 aliphatic carbocycles. The Morgan fingerprint density at radius 2 is 1.74 bits per heavy atom. The van der Waals surface area contributed by atoms with Crippen molar-refractivity contribution in [3.05, 3.63) is 100 Å². The van der Waals surface area contributed by atoms with Gasteiger partial charge in [0.2, 0.25) is 0 Å². The number of thioether (sulfide) groups is 1. The summed E-state index contributed by atoms with van der Waals surface area (Å²) in [5.74, 6) is 1.24. The van der Waals surface area contributed by atoms with E-state index in [-0.39, 0.29) is 5.91 Å². The van der Waals surface area contributed by atoms with Gasteiger partial charge in [-0.3, -0.25) is 9.69 Å². The average Bonchev–Trinajstić information content (AvgIpc) is 3.49. The molecule has 0 saturated carbocycles. The normalized spacial score (nSPS) is 14.4. The van der Waals surface area contributed by atoms with Crippen LogP contribution in [0.3, 0.4) is 0 Å². The maximum Gasteiger partial charge on any atom is 0.266 e. The fourth-order valence-electron chi connectivity index (χ4n) is 4.52. The van der Waals surface area contributed by atoms with Crippen LogP contribution in [0.5, 0.6) is 11.5 Å². The third kappa shape index (κ3) is 5.62. The van der Waals surface area contributed by atoms with Crippen molar-refractivity contribution in [3.8, 4) is 28.4 Å². The second-order valence-electron chi connectivity index (χ2n) is 9.30. The average molecular weight is 556 g/mol. The summed E-state index contributed by atoms with van der Waals surface area (Å²) in [5, 5.41) is 4.95. The van der Waals surface area contributed by atoms with Gasteiger partial charge in [0.05, 0.1) is 24.8 Å². The summed E-state index contributed by atoms with van der Waals surface area (Å²) in [6.45, 7) is 4.62. The van der Waals surface area contributed by atoms with Gasteiger partial charge in [-0.15, -0.1) is 0 Å². The smallest absolute Gasteiger partial charge is 0.266 e. The lowest BCUT2D eigenvalue weighted by molar-refractivity contribution is -0.122. The molecule has 8 heteroatoms. The van der Waals surface area contributed by atoms with E-state index in [0.717, 1.165) is 39.2 Å². The predicted octanol–water partition coefficient (Wildman–Crippen LogP) is 6.62. The lowest BCUT2D eigenvalue weighted by Crippen LogP contribution is -2.30. The molecule has 0 atom stereocenters. The number of ether oxygens (including phenoxy) is 2. The van der Waals surface area contributed by atoms with Gasteiger partial charge in [-0.1, -0.05) is 65.9 Å². The molecule has 1 saturated heterocycles. The number of nitrogens with zero attached hydrogens (tertiary/aromatic N) is 3. The molecule has 2 heterocycles. The fourth-order valence-corrected chi connectivity index (χ4v) is 5.82. The van der Waals surface area contributed by atoms with Crippen molar-refractivity contribution in [2.45, 2.75) is 20.3 Å². The van der Waals surface area contributed by atoms with Crippen LogP contribution in [0.15, 0.2) is 77.8 Å². The van der Waals surface area contributed by atoms with Crippen LogP contribution in [0.25, 0.3) is 23.0 Å². The molecule has 1 aliphatic rings. The zero-order chi connectivity index (χ0) is 27.5. The molecule has 0 radical (unpaired) electrons. The highest BCUT2D eigenvalue weighted by Gasteiger charge is 2.32. The predicted molar refractivity (Wildman–Crippen MR) is 162 cm³/mol. The van der Waals surface area contributed by atoms with Gasteiger partial charge >= 0.3 is 0 Å². The topological polar surface area (TPSA) is 56.6 Å². The number of thiocarbonyl (C=S) groups is 1. The molecule has 0 spiro atoms. The van der Waals surface area contributed by atoms with Gasteiger partial charge in [0.25, 0.3) is 5.91 Å². The molecular weight excluding hydrogens is 526 g/mol. The van der Waals surface area contributed by atoms with Gasteiger partial charge < -0.3 is 9.47 Å². The molecule has 1 aliphatic heterocycles. The molecule has 3 aromatic carbocycles.